The Morgan fingerprint density at radius 1 is 1.44 bits per heavy atom. The summed E-state index contributed by atoms with van der Waals surface area (Å²) in [5.41, 5.74) is 0.697. The molecule has 0 radical (unpaired) electrons. The van der Waals surface area contributed by atoms with Gasteiger partial charge in [-0.25, -0.2) is 0 Å². The number of nitrogens with zero attached hydrogens (tertiary/aromatic N) is 1. The lowest BCUT2D eigenvalue weighted by Crippen LogP contribution is -2.40. The molecule has 1 fully saturated rings. The monoisotopic (exact) mass is 219 g/mol. The Labute approximate surface area is 93.4 Å². The van der Waals surface area contributed by atoms with E-state index >= 15 is 0 Å². The van der Waals surface area contributed by atoms with E-state index in [1.165, 1.54) is 12.8 Å². The molecule has 0 atom stereocenters. The third-order valence-corrected chi connectivity index (χ3v) is 3.02. The van der Waals surface area contributed by atoms with Crippen LogP contribution in [0.1, 0.15) is 12.8 Å². The molecule has 1 aliphatic carbocycles. The lowest BCUT2D eigenvalue weighted by Gasteiger charge is -2.29. The average Bonchev–Trinajstić information content (AvgIpc) is 3.06. The fourth-order valence-corrected chi connectivity index (χ4v) is 1.95. The van der Waals surface area contributed by atoms with Crippen LogP contribution in [0.5, 0.6) is 11.5 Å². The number of rotatable bonds is 2. The van der Waals surface area contributed by atoms with E-state index in [0.29, 0.717) is 17.4 Å². The first kappa shape index (κ1) is 9.51. The second kappa shape index (κ2) is 3.40. The first-order valence-electron chi connectivity index (χ1n) is 5.50. The minimum atomic E-state index is -0.0231. The molecule has 0 unspecified atom stereocenters. The Bertz CT molecular complexity index is 440. The molecule has 0 bridgehead atoms. The van der Waals surface area contributed by atoms with Crippen molar-refractivity contribution in [2.24, 2.45) is 5.92 Å². The lowest BCUT2D eigenvalue weighted by molar-refractivity contribution is -0.121. The molecule has 1 saturated carbocycles. The van der Waals surface area contributed by atoms with E-state index in [0.717, 1.165) is 6.54 Å². The number of ether oxygens (including phenoxy) is 1. The first-order valence-corrected chi connectivity index (χ1v) is 5.50. The van der Waals surface area contributed by atoms with Crippen LogP contribution in [0.25, 0.3) is 0 Å². The van der Waals surface area contributed by atoms with Crippen molar-refractivity contribution in [2.75, 3.05) is 18.1 Å². The van der Waals surface area contributed by atoms with E-state index in [1.807, 2.05) is 0 Å². The molecule has 2 aliphatic rings. The lowest BCUT2D eigenvalue weighted by atomic mass is 10.2. The summed E-state index contributed by atoms with van der Waals surface area (Å²) in [5.74, 6) is 1.44. The summed E-state index contributed by atoms with van der Waals surface area (Å²) in [7, 11) is 0. The molecule has 84 valence electrons. The Balaban J connectivity index is 1.96. The molecular formula is C12H13NO3. The quantitative estimate of drug-likeness (QED) is 0.820. The molecule has 1 heterocycles. The molecule has 0 saturated heterocycles. The smallest absolute Gasteiger partial charge is 0.265 e. The molecule has 1 N–H and O–H groups in total. The van der Waals surface area contributed by atoms with E-state index in [-0.39, 0.29) is 18.3 Å². The van der Waals surface area contributed by atoms with Crippen molar-refractivity contribution in [2.45, 2.75) is 12.8 Å². The Morgan fingerprint density at radius 2 is 2.25 bits per heavy atom. The highest BCUT2D eigenvalue weighted by molar-refractivity contribution is 5.98. The van der Waals surface area contributed by atoms with Gasteiger partial charge in [-0.1, -0.05) is 0 Å². The summed E-state index contributed by atoms with van der Waals surface area (Å²) in [5, 5.41) is 9.45. The van der Waals surface area contributed by atoms with E-state index in [9.17, 15) is 9.90 Å². The Hall–Kier alpha value is -1.71. The van der Waals surface area contributed by atoms with Gasteiger partial charge in [0.1, 0.15) is 11.5 Å². The number of benzene rings is 1. The van der Waals surface area contributed by atoms with Gasteiger partial charge in [-0.05, 0) is 30.9 Å². The zero-order valence-corrected chi connectivity index (χ0v) is 8.85. The van der Waals surface area contributed by atoms with Gasteiger partial charge in [0.25, 0.3) is 5.91 Å². The van der Waals surface area contributed by atoms with Crippen LogP contribution >= 0.6 is 0 Å². The van der Waals surface area contributed by atoms with E-state index in [4.69, 9.17) is 4.74 Å². The number of hydrogen-bond donors (Lipinski definition) is 1. The topological polar surface area (TPSA) is 49.8 Å². The van der Waals surface area contributed by atoms with E-state index < -0.39 is 0 Å². The number of fused-ring (bicyclic) bond motifs is 1. The van der Waals surface area contributed by atoms with Gasteiger partial charge in [-0.2, -0.15) is 0 Å². The number of phenolic OH excluding ortho intramolecular Hbond substituents is 1. The third-order valence-electron chi connectivity index (χ3n) is 3.02. The molecule has 0 aromatic heterocycles. The normalized spacial score (nSPS) is 19.2. The summed E-state index contributed by atoms with van der Waals surface area (Å²) in [6.45, 7) is 0.850. The number of amides is 1. The van der Waals surface area contributed by atoms with Gasteiger partial charge in [0.15, 0.2) is 6.61 Å². The minimum absolute atomic E-state index is 0.0231. The number of aromatic hydroxyl groups is 1. The van der Waals surface area contributed by atoms with Crippen molar-refractivity contribution in [1.82, 2.24) is 0 Å². The summed E-state index contributed by atoms with van der Waals surface area (Å²) >= 11 is 0. The summed E-state index contributed by atoms with van der Waals surface area (Å²) in [6, 6.07) is 4.87. The van der Waals surface area contributed by atoms with Crippen molar-refractivity contribution >= 4 is 11.6 Å². The van der Waals surface area contributed by atoms with Gasteiger partial charge < -0.3 is 14.7 Å². The average molecular weight is 219 g/mol. The number of phenols is 1. The molecule has 0 spiro atoms. The van der Waals surface area contributed by atoms with Gasteiger partial charge in [-0.15, -0.1) is 0 Å². The van der Waals surface area contributed by atoms with Crippen LogP contribution in [0.4, 0.5) is 5.69 Å². The van der Waals surface area contributed by atoms with Crippen molar-refractivity contribution in [1.29, 1.82) is 0 Å². The Morgan fingerprint density at radius 3 is 3.00 bits per heavy atom. The van der Waals surface area contributed by atoms with Gasteiger partial charge in [0.2, 0.25) is 0 Å². The SMILES string of the molecule is O=C1COc2ccc(O)cc2N1CC1CC1. The predicted octanol–water partition coefficient (Wildman–Crippen LogP) is 1.53. The maximum absolute atomic E-state index is 11.8. The van der Waals surface area contributed by atoms with Crippen molar-refractivity contribution in [3.05, 3.63) is 18.2 Å². The van der Waals surface area contributed by atoms with Crippen molar-refractivity contribution < 1.29 is 14.6 Å². The van der Waals surface area contributed by atoms with Crippen LogP contribution in [0.15, 0.2) is 18.2 Å². The highest BCUT2D eigenvalue weighted by Gasteiger charge is 2.31. The molecule has 1 aromatic carbocycles. The van der Waals surface area contributed by atoms with Crippen LogP contribution < -0.4 is 9.64 Å². The molecule has 4 heteroatoms. The van der Waals surface area contributed by atoms with Gasteiger partial charge in [0, 0.05) is 12.6 Å². The maximum Gasteiger partial charge on any atom is 0.265 e. The number of carbonyl (C=O) groups excluding carboxylic acids is 1. The molecule has 1 amide bonds. The molecule has 16 heavy (non-hydrogen) atoms. The fraction of sp³-hybridized carbons (Fsp3) is 0.417. The van der Waals surface area contributed by atoms with Crippen molar-refractivity contribution in [3.63, 3.8) is 0 Å². The van der Waals surface area contributed by atoms with Gasteiger partial charge in [-0.3, -0.25) is 4.79 Å². The first-order chi connectivity index (χ1) is 7.74. The van der Waals surface area contributed by atoms with Gasteiger partial charge in [0.05, 0.1) is 5.69 Å². The second-order valence-corrected chi connectivity index (χ2v) is 4.39. The molecule has 3 rings (SSSR count). The van der Waals surface area contributed by atoms with Gasteiger partial charge >= 0.3 is 0 Å². The number of carbonyl (C=O) groups is 1. The predicted molar refractivity (Wildman–Crippen MR) is 58.7 cm³/mol. The zero-order chi connectivity index (χ0) is 11.1. The number of anilines is 1. The van der Waals surface area contributed by atoms with Crippen LogP contribution in [0.2, 0.25) is 0 Å². The third kappa shape index (κ3) is 1.60. The largest absolute Gasteiger partial charge is 0.508 e. The molecular weight excluding hydrogens is 206 g/mol. The van der Waals surface area contributed by atoms with E-state index in [2.05, 4.69) is 0 Å². The maximum atomic E-state index is 11.8. The standard InChI is InChI=1S/C12H13NO3/c14-9-3-4-11-10(5-9)13(6-8-1-2-8)12(15)7-16-11/h3-5,8,14H,1-2,6-7H2. The van der Waals surface area contributed by atoms with E-state index in [1.54, 1.807) is 23.1 Å². The molecule has 4 nitrogen and oxygen atoms in total. The minimum Gasteiger partial charge on any atom is -0.508 e. The highest BCUT2D eigenvalue weighted by atomic mass is 16.5. The van der Waals surface area contributed by atoms with Crippen LogP contribution in [-0.2, 0) is 4.79 Å². The molecule has 1 aliphatic heterocycles. The fourth-order valence-electron chi connectivity index (χ4n) is 1.95. The van der Waals surface area contributed by atoms with Crippen LogP contribution in [-0.4, -0.2) is 24.2 Å². The Kier molecular flexibility index (Phi) is 2.02. The zero-order valence-electron chi connectivity index (χ0n) is 8.85. The second-order valence-electron chi connectivity index (χ2n) is 4.39. The summed E-state index contributed by atoms with van der Waals surface area (Å²) in [6.07, 6.45) is 2.39. The summed E-state index contributed by atoms with van der Waals surface area (Å²) in [4.78, 5) is 13.5. The van der Waals surface area contributed by atoms with Crippen LogP contribution in [0.3, 0.4) is 0 Å². The number of hydrogen-bond acceptors (Lipinski definition) is 3. The van der Waals surface area contributed by atoms with Crippen LogP contribution in [0, 0.1) is 5.92 Å². The highest BCUT2D eigenvalue weighted by Crippen LogP contribution is 2.38. The summed E-state index contributed by atoms with van der Waals surface area (Å²) < 4.78 is 5.32. The molecule has 1 aromatic rings. The van der Waals surface area contributed by atoms with Crippen molar-refractivity contribution in [3.8, 4) is 11.5 Å².